The SMILES string of the molecule is CC(C)(C)c1cc(S(=O)(=O)Cl)cc(C(C)(C)C)c1F. The van der Waals surface area contributed by atoms with Crippen molar-refractivity contribution in [2.24, 2.45) is 0 Å². The quantitative estimate of drug-likeness (QED) is 0.723. The van der Waals surface area contributed by atoms with Crippen molar-refractivity contribution in [3.8, 4) is 0 Å². The normalized spacial score (nSPS) is 13.7. The topological polar surface area (TPSA) is 34.1 Å². The van der Waals surface area contributed by atoms with E-state index in [1.165, 1.54) is 12.1 Å². The van der Waals surface area contributed by atoms with Gasteiger partial charge < -0.3 is 0 Å². The summed E-state index contributed by atoms with van der Waals surface area (Å²) in [6, 6.07) is 2.65. The molecule has 0 radical (unpaired) electrons. The van der Waals surface area contributed by atoms with Crippen molar-refractivity contribution in [3.63, 3.8) is 0 Å². The molecule has 0 saturated heterocycles. The highest BCUT2D eigenvalue weighted by molar-refractivity contribution is 8.13. The summed E-state index contributed by atoms with van der Waals surface area (Å²) in [7, 11) is 1.53. The summed E-state index contributed by atoms with van der Waals surface area (Å²) in [5, 5.41) is 0. The zero-order valence-corrected chi connectivity index (χ0v) is 13.7. The Hall–Kier alpha value is -0.610. The van der Waals surface area contributed by atoms with Gasteiger partial charge in [-0.05, 0) is 34.1 Å². The van der Waals surface area contributed by atoms with Crippen LogP contribution in [0.3, 0.4) is 0 Å². The molecule has 0 amide bonds. The van der Waals surface area contributed by atoms with E-state index >= 15 is 0 Å². The molecule has 0 heterocycles. The summed E-state index contributed by atoms with van der Waals surface area (Å²) < 4.78 is 37.7. The van der Waals surface area contributed by atoms with E-state index in [0.29, 0.717) is 11.1 Å². The molecule has 2 nitrogen and oxygen atoms in total. The number of rotatable bonds is 1. The molecule has 1 aromatic carbocycles. The Morgan fingerprint density at radius 3 is 1.47 bits per heavy atom. The first-order valence-corrected chi connectivity index (χ1v) is 8.34. The Bertz CT molecular complexity index is 558. The highest BCUT2D eigenvalue weighted by atomic mass is 35.7. The Balaban J connectivity index is 3.78. The lowest BCUT2D eigenvalue weighted by Crippen LogP contribution is -2.21. The van der Waals surface area contributed by atoms with E-state index in [4.69, 9.17) is 10.7 Å². The predicted octanol–water partition coefficient (Wildman–Crippen LogP) is 4.35. The molecule has 1 aromatic rings. The van der Waals surface area contributed by atoms with E-state index in [1.807, 2.05) is 41.5 Å². The van der Waals surface area contributed by atoms with E-state index < -0.39 is 19.9 Å². The lowest BCUT2D eigenvalue weighted by atomic mass is 9.80. The van der Waals surface area contributed by atoms with Crippen LogP contribution < -0.4 is 0 Å². The van der Waals surface area contributed by atoms with Crippen LogP contribution in [-0.4, -0.2) is 8.42 Å². The number of halogens is 2. The van der Waals surface area contributed by atoms with Crippen LogP contribution in [0, 0.1) is 5.82 Å². The average Bonchev–Trinajstić information content (AvgIpc) is 2.11. The van der Waals surface area contributed by atoms with Crippen molar-refractivity contribution in [2.75, 3.05) is 0 Å². The Morgan fingerprint density at radius 2 is 1.26 bits per heavy atom. The first-order chi connectivity index (χ1) is 8.24. The van der Waals surface area contributed by atoms with Crippen LogP contribution in [-0.2, 0) is 19.9 Å². The van der Waals surface area contributed by atoms with Crippen molar-refractivity contribution < 1.29 is 12.8 Å². The summed E-state index contributed by atoms with van der Waals surface area (Å²) in [5.41, 5.74) is -0.276. The summed E-state index contributed by atoms with van der Waals surface area (Å²) in [6.45, 7) is 11.0. The molecule has 19 heavy (non-hydrogen) atoms. The van der Waals surface area contributed by atoms with Gasteiger partial charge in [0, 0.05) is 10.7 Å². The standard InChI is InChI=1S/C14H20ClFO2S/c1-13(2,3)10-7-9(19(15,17)18)8-11(12(10)16)14(4,5)6/h7-8H,1-6H3. The average molecular weight is 307 g/mol. The summed E-state index contributed by atoms with van der Waals surface area (Å²) >= 11 is 0. The van der Waals surface area contributed by atoms with E-state index in [0.717, 1.165) is 0 Å². The Kier molecular flexibility index (Phi) is 4.10. The van der Waals surface area contributed by atoms with E-state index in [-0.39, 0.29) is 10.7 Å². The largest absolute Gasteiger partial charge is 0.261 e. The minimum absolute atomic E-state index is 0.0505. The maximum Gasteiger partial charge on any atom is 0.261 e. The summed E-state index contributed by atoms with van der Waals surface area (Å²) in [6.07, 6.45) is 0. The summed E-state index contributed by atoms with van der Waals surface area (Å²) in [4.78, 5) is -0.0505. The second-order valence-electron chi connectivity index (χ2n) is 6.77. The third kappa shape index (κ3) is 3.69. The second kappa shape index (κ2) is 4.74. The van der Waals surface area contributed by atoms with Gasteiger partial charge in [0.15, 0.2) is 0 Å². The molecular formula is C14H20ClFO2S. The fraction of sp³-hybridized carbons (Fsp3) is 0.571. The molecule has 0 N–H and O–H groups in total. The monoisotopic (exact) mass is 306 g/mol. The van der Waals surface area contributed by atoms with Gasteiger partial charge in [0.1, 0.15) is 5.82 Å². The molecule has 5 heteroatoms. The highest BCUT2D eigenvalue weighted by Crippen LogP contribution is 2.35. The molecule has 0 aliphatic carbocycles. The molecule has 108 valence electrons. The van der Waals surface area contributed by atoms with E-state index in [2.05, 4.69) is 0 Å². The van der Waals surface area contributed by atoms with Crippen molar-refractivity contribution in [1.29, 1.82) is 0 Å². The molecule has 0 fully saturated rings. The fourth-order valence-corrected chi connectivity index (χ4v) is 2.61. The Labute approximate surface area is 119 Å². The first kappa shape index (κ1) is 16.4. The van der Waals surface area contributed by atoms with Crippen molar-refractivity contribution >= 4 is 19.7 Å². The molecule has 0 aromatic heterocycles. The molecule has 0 saturated carbocycles. The van der Waals surface area contributed by atoms with Gasteiger partial charge in [-0.3, -0.25) is 0 Å². The van der Waals surface area contributed by atoms with Gasteiger partial charge in [-0.1, -0.05) is 41.5 Å². The van der Waals surface area contributed by atoms with Gasteiger partial charge in [-0.2, -0.15) is 0 Å². The minimum Gasteiger partial charge on any atom is -0.207 e. The van der Waals surface area contributed by atoms with Gasteiger partial charge in [-0.25, -0.2) is 12.8 Å². The minimum atomic E-state index is -3.88. The predicted molar refractivity (Wildman–Crippen MR) is 76.8 cm³/mol. The Morgan fingerprint density at radius 1 is 0.947 bits per heavy atom. The van der Waals surface area contributed by atoms with E-state index in [1.54, 1.807) is 0 Å². The number of hydrogen-bond donors (Lipinski definition) is 0. The molecule has 0 aliphatic heterocycles. The van der Waals surface area contributed by atoms with Crippen LogP contribution in [0.15, 0.2) is 17.0 Å². The smallest absolute Gasteiger partial charge is 0.207 e. The number of benzene rings is 1. The molecule has 0 aliphatic rings. The summed E-state index contributed by atoms with van der Waals surface area (Å²) in [5.74, 6) is -0.357. The van der Waals surface area contributed by atoms with Gasteiger partial charge in [0.25, 0.3) is 9.05 Å². The van der Waals surface area contributed by atoms with Crippen molar-refractivity contribution in [3.05, 3.63) is 29.1 Å². The lowest BCUT2D eigenvalue weighted by molar-refractivity contribution is 0.478. The second-order valence-corrected chi connectivity index (χ2v) is 9.34. The number of hydrogen-bond acceptors (Lipinski definition) is 2. The molecular weight excluding hydrogens is 287 g/mol. The van der Waals surface area contributed by atoms with Crippen LogP contribution in [0.1, 0.15) is 52.7 Å². The molecule has 0 unspecified atom stereocenters. The zero-order valence-electron chi connectivity index (χ0n) is 12.1. The highest BCUT2D eigenvalue weighted by Gasteiger charge is 2.29. The fourth-order valence-electron chi connectivity index (χ4n) is 1.83. The molecule has 1 rings (SSSR count). The van der Waals surface area contributed by atoms with Crippen LogP contribution in [0.5, 0.6) is 0 Å². The maximum atomic E-state index is 14.6. The van der Waals surface area contributed by atoms with Crippen LogP contribution in [0.25, 0.3) is 0 Å². The van der Waals surface area contributed by atoms with Crippen LogP contribution >= 0.6 is 10.7 Å². The maximum absolute atomic E-state index is 14.6. The molecule has 0 atom stereocenters. The van der Waals surface area contributed by atoms with Crippen LogP contribution in [0.2, 0.25) is 0 Å². The van der Waals surface area contributed by atoms with E-state index in [9.17, 15) is 12.8 Å². The third-order valence-electron chi connectivity index (χ3n) is 2.94. The molecule has 0 bridgehead atoms. The van der Waals surface area contributed by atoms with Crippen molar-refractivity contribution in [2.45, 2.75) is 57.3 Å². The van der Waals surface area contributed by atoms with Crippen molar-refractivity contribution in [1.82, 2.24) is 0 Å². The van der Waals surface area contributed by atoms with Crippen LogP contribution in [0.4, 0.5) is 4.39 Å². The van der Waals surface area contributed by atoms with Gasteiger partial charge in [0.05, 0.1) is 4.90 Å². The van der Waals surface area contributed by atoms with Gasteiger partial charge >= 0.3 is 0 Å². The molecule has 0 spiro atoms. The zero-order chi connectivity index (χ0) is 15.2. The first-order valence-electron chi connectivity index (χ1n) is 6.04. The third-order valence-corrected chi connectivity index (χ3v) is 4.28. The van der Waals surface area contributed by atoms with Gasteiger partial charge in [-0.15, -0.1) is 0 Å². The van der Waals surface area contributed by atoms with Gasteiger partial charge in [0.2, 0.25) is 0 Å². The lowest BCUT2D eigenvalue weighted by Gasteiger charge is -2.27.